The number of carbonyl (C=O) groups is 3. The van der Waals surface area contributed by atoms with Crippen LogP contribution in [0.25, 0.3) is 0 Å². The van der Waals surface area contributed by atoms with Crippen LogP contribution >= 0.6 is 0 Å². The Kier molecular flexibility index (Phi) is 10.6. The van der Waals surface area contributed by atoms with E-state index in [-0.39, 0.29) is 25.4 Å². The minimum absolute atomic E-state index is 0.129. The molecule has 9 heteroatoms. The summed E-state index contributed by atoms with van der Waals surface area (Å²) < 4.78 is 10.2. The number of phenolic OH excluding ortho intramolecular Hbond substituents is 1. The highest BCUT2D eigenvalue weighted by molar-refractivity contribution is 5.87. The van der Waals surface area contributed by atoms with E-state index in [0.717, 1.165) is 18.4 Å². The molecule has 1 aromatic rings. The Morgan fingerprint density at radius 2 is 1.86 bits per heavy atom. The molecule has 28 heavy (non-hydrogen) atoms. The van der Waals surface area contributed by atoms with Crippen LogP contribution in [0.1, 0.15) is 32.3 Å². The number of rotatable bonds is 12. The van der Waals surface area contributed by atoms with Crippen LogP contribution in [0.2, 0.25) is 0 Å². The van der Waals surface area contributed by atoms with Crippen LogP contribution in [-0.2, 0) is 30.3 Å². The van der Waals surface area contributed by atoms with Crippen LogP contribution < -0.4 is 16.4 Å². The van der Waals surface area contributed by atoms with Gasteiger partial charge in [-0.15, -0.1) is 0 Å². The number of phenols is 1. The molecule has 0 aromatic heterocycles. The molecular formula is C19H29N3O6. The molecule has 2 atom stereocenters. The number of nitrogens with one attached hydrogen (secondary N) is 2. The van der Waals surface area contributed by atoms with Crippen LogP contribution in [0.5, 0.6) is 5.75 Å². The molecule has 5 N–H and O–H groups in total. The molecule has 156 valence electrons. The number of hydrogen-bond acceptors (Lipinski definition) is 7. The number of nitrogens with two attached hydrogens (primary N) is 1. The van der Waals surface area contributed by atoms with Gasteiger partial charge in [-0.2, -0.15) is 0 Å². The van der Waals surface area contributed by atoms with Gasteiger partial charge in [0.2, 0.25) is 11.8 Å². The summed E-state index contributed by atoms with van der Waals surface area (Å²) in [6.07, 6.45) is 1.17. The quantitative estimate of drug-likeness (QED) is 0.225. The molecular weight excluding hydrogens is 366 g/mol. The fourth-order valence-corrected chi connectivity index (χ4v) is 2.09. The van der Waals surface area contributed by atoms with Gasteiger partial charge in [-0.1, -0.05) is 25.5 Å². The van der Waals surface area contributed by atoms with Crippen molar-refractivity contribution in [3.05, 3.63) is 29.8 Å². The number of amides is 2. The molecule has 0 heterocycles. The maximum absolute atomic E-state index is 12.0. The van der Waals surface area contributed by atoms with E-state index in [4.69, 9.17) is 15.2 Å². The van der Waals surface area contributed by atoms with Crippen molar-refractivity contribution < 1.29 is 29.0 Å². The largest absolute Gasteiger partial charge is 0.508 e. The molecule has 2 amide bonds. The predicted molar refractivity (Wildman–Crippen MR) is 102 cm³/mol. The molecule has 0 unspecified atom stereocenters. The summed E-state index contributed by atoms with van der Waals surface area (Å²) in [7, 11) is 0. The number of aromatic hydroxyl groups is 1. The summed E-state index contributed by atoms with van der Waals surface area (Å²) >= 11 is 0. The van der Waals surface area contributed by atoms with Gasteiger partial charge >= 0.3 is 5.97 Å². The highest BCUT2D eigenvalue weighted by atomic mass is 16.6. The van der Waals surface area contributed by atoms with E-state index < -0.39 is 29.9 Å². The summed E-state index contributed by atoms with van der Waals surface area (Å²) in [5.74, 6) is -1.31. The highest BCUT2D eigenvalue weighted by Gasteiger charge is 2.17. The smallest absolute Gasteiger partial charge is 0.335 e. The number of unbranched alkanes of at least 4 members (excludes halogenated alkanes) is 1. The van der Waals surface area contributed by atoms with Gasteiger partial charge in [-0.3, -0.25) is 9.59 Å². The first-order chi connectivity index (χ1) is 13.3. The van der Waals surface area contributed by atoms with E-state index in [1.807, 2.05) is 6.92 Å². The summed E-state index contributed by atoms with van der Waals surface area (Å²) in [5.41, 5.74) is 6.60. The zero-order chi connectivity index (χ0) is 20.9. The lowest BCUT2D eigenvalue weighted by Gasteiger charge is -2.14. The third-order valence-electron chi connectivity index (χ3n) is 3.83. The number of ether oxygens (including phenoxy) is 2. The number of benzene rings is 1. The van der Waals surface area contributed by atoms with Crippen molar-refractivity contribution in [2.75, 3.05) is 19.9 Å². The molecule has 9 nitrogen and oxygen atoms in total. The molecule has 0 saturated heterocycles. The van der Waals surface area contributed by atoms with Crippen molar-refractivity contribution in [3.8, 4) is 5.75 Å². The molecule has 0 bridgehead atoms. The van der Waals surface area contributed by atoms with Gasteiger partial charge in [-0.05, 0) is 37.5 Å². The fourth-order valence-electron chi connectivity index (χ4n) is 2.09. The second kappa shape index (κ2) is 12.7. The van der Waals surface area contributed by atoms with E-state index in [9.17, 15) is 19.5 Å². The lowest BCUT2D eigenvalue weighted by Crippen LogP contribution is -2.46. The Labute approximate surface area is 164 Å². The average Bonchev–Trinajstić information content (AvgIpc) is 2.67. The summed E-state index contributed by atoms with van der Waals surface area (Å²) in [6.45, 7) is 3.41. The van der Waals surface area contributed by atoms with Gasteiger partial charge in [0.15, 0.2) is 6.10 Å². The molecule has 1 aromatic carbocycles. The van der Waals surface area contributed by atoms with E-state index >= 15 is 0 Å². The zero-order valence-corrected chi connectivity index (χ0v) is 16.3. The van der Waals surface area contributed by atoms with Crippen molar-refractivity contribution >= 4 is 17.8 Å². The van der Waals surface area contributed by atoms with Crippen LogP contribution in [0.4, 0.5) is 0 Å². The molecule has 0 aliphatic rings. The molecule has 1 rings (SSSR count). The summed E-state index contributed by atoms with van der Waals surface area (Å²) in [6, 6.07) is 5.52. The number of esters is 1. The van der Waals surface area contributed by atoms with Crippen molar-refractivity contribution in [1.29, 1.82) is 0 Å². The SMILES string of the molecule is CCCCOC(=O)[C@@H](C)OCNC(=O)CNC(=O)[C@@H](N)Cc1ccc(O)cc1. The minimum atomic E-state index is -0.827. The van der Waals surface area contributed by atoms with Crippen molar-refractivity contribution in [2.45, 2.75) is 45.3 Å². The van der Waals surface area contributed by atoms with Crippen LogP contribution in [0.15, 0.2) is 24.3 Å². The average molecular weight is 395 g/mol. The van der Waals surface area contributed by atoms with E-state index in [1.54, 1.807) is 12.1 Å². The van der Waals surface area contributed by atoms with E-state index in [2.05, 4.69) is 10.6 Å². The van der Waals surface area contributed by atoms with Gasteiger partial charge < -0.3 is 30.9 Å². The first-order valence-corrected chi connectivity index (χ1v) is 9.19. The molecule has 0 fully saturated rings. The molecule has 0 spiro atoms. The topological polar surface area (TPSA) is 140 Å². The minimum Gasteiger partial charge on any atom is -0.508 e. The third-order valence-corrected chi connectivity index (χ3v) is 3.83. The van der Waals surface area contributed by atoms with Gasteiger partial charge in [0.1, 0.15) is 12.5 Å². The van der Waals surface area contributed by atoms with Gasteiger partial charge in [0.25, 0.3) is 0 Å². The number of hydrogen-bond donors (Lipinski definition) is 4. The Balaban J connectivity index is 2.21. The van der Waals surface area contributed by atoms with Gasteiger partial charge in [-0.25, -0.2) is 4.79 Å². The normalized spacial score (nSPS) is 12.7. The first-order valence-electron chi connectivity index (χ1n) is 9.19. The second-order valence-corrected chi connectivity index (χ2v) is 6.27. The highest BCUT2D eigenvalue weighted by Crippen LogP contribution is 2.10. The van der Waals surface area contributed by atoms with Crippen molar-refractivity contribution in [2.24, 2.45) is 5.73 Å². The Morgan fingerprint density at radius 1 is 1.18 bits per heavy atom. The summed E-state index contributed by atoms with van der Waals surface area (Å²) in [5, 5.41) is 14.1. The summed E-state index contributed by atoms with van der Waals surface area (Å²) in [4.78, 5) is 35.3. The lowest BCUT2D eigenvalue weighted by molar-refractivity contribution is -0.157. The second-order valence-electron chi connectivity index (χ2n) is 6.27. The Morgan fingerprint density at radius 3 is 2.50 bits per heavy atom. The van der Waals surface area contributed by atoms with E-state index in [0.29, 0.717) is 6.61 Å². The van der Waals surface area contributed by atoms with Crippen LogP contribution in [0.3, 0.4) is 0 Å². The van der Waals surface area contributed by atoms with Crippen molar-refractivity contribution in [3.63, 3.8) is 0 Å². The van der Waals surface area contributed by atoms with E-state index in [1.165, 1.54) is 19.1 Å². The molecule has 0 saturated carbocycles. The Hall–Kier alpha value is -2.65. The standard InChI is InChI=1S/C19H29N3O6/c1-3-4-9-27-19(26)13(2)28-12-22-17(24)11-21-18(25)16(20)10-14-5-7-15(23)8-6-14/h5-8,13,16,23H,3-4,9-12,20H2,1-2H3,(H,21,25)(H,22,24)/t13-,16+/m1/s1. The monoisotopic (exact) mass is 395 g/mol. The lowest BCUT2D eigenvalue weighted by atomic mass is 10.1. The molecule has 0 aliphatic heterocycles. The zero-order valence-electron chi connectivity index (χ0n) is 16.3. The first kappa shape index (κ1) is 23.4. The third kappa shape index (κ3) is 9.33. The van der Waals surface area contributed by atoms with Gasteiger partial charge in [0.05, 0.1) is 19.2 Å². The molecule has 0 radical (unpaired) electrons. The molecule has 0 aliphatic carbocycles. The predicted octanol–water partition coefficient (Wildman–Crippen LogP) is 0.200. The van der Waals surface area contributed by atoms with Gasteiger partial charge in [0, 0.05) is 0 Å². The maximum Gasteiger partial charge on any atom is 0.335 e. The Bertz CT molecular complexity index is 635. The maximum atomic E-state index is 12.0. The number of carbonyl (C=O) groups excluding carboxylic acids is 3. The van der Waals surface area contributed by atoms with Crippen molar-refractivity contribution in [1.82, 2.24) is 10.6 Å². The fraction of sp³-hybridized carbons (Fsp3) is 0.526. The van der Waals surface area contributed by atoms with Crippen LogP contribution in [0, 0.1) is 0 Å². The van der Waals surface area contributed by atoms with Crippen LogP contribution in [-0.4, -0.2) is 54.9 Å².